The Morgan fingerprint density at radius 3 is 2.69 bits per heavy atom. The van der Waals surface area contributed by atoms with Gasteiger partial charge in [-0.05, 0) is 28.7 Å². The molecule has 0 spiro atoms. The van der Waals surface area contributed by atoms with Gasteiger partial charge in [-0.1, -0.05) is 11.6 Å². The van der Waals surface area contributed by atoms with Crippen LogP contribution in [0.5, 0.6) is 0 Å². The first kappa shape index (κ1) is 10.6. The average molecular weight is 314 g/mol. The first-order valence-electron chi connectivity index (χ1n) is 3.10. The second kappa shape index (κ2) is 4.15. The van der Waals surface area contributed by atoms with Crippen LogP contribution < -0.4 is 0 Å². The number of pyridine rings is 1. The van der Waals surface area contributed by atoms with E-state index < -0.39 is 6.43 Å². The molecule has 1 heterocycles. The molecule has 13 heavy (non-hydrogen) atoms. The maximum Gasteiger partial charge on any atom is 0.266 e. The fourth-order valence-electron chi connectivity index (χ4n) is 0.712. The van der Waals surface area contributed by atoms with Crippen LogP contribution in [0.25, 0.3) is 0 Å². The Morgan fingerprint density at radius 2 is 2.23 bits per heavy atom. The third-order valence-electron chi connectivity index (χ3n) is 1.30. The molecule has 0 aromatic carbocycles. The van der Waals surface area contributed by atoms with Crippen LogP contribution in [0, 0.1) is 14.9 Å². The lowest BCUT2D eigenvalue weighted by molar-refractivity contribution is 0.151. The van der Waals surface area contributed by atoms with Crippen molar-refractivity contribution in [2.45, 2.75) is 6.43 Å². The van der Waals surface area contributed by atoms with E-state index in [0.717, 1.165) is 0 Å². The molecule has 68 valence electrons. The molecule has 1 rings (SSSR count). The van der Waals surface area contributed by atoms with Crippen molar-refractivity contribution < 1.29 is 8.78 Å². The van der Waals surface area contributed by atoms with Crippen LogP contribution in [-0.4, -0.2) is 4.98 Å². The van der Waals surface area contributed by atoms with Gasteiger partial charge in [0, 0.05) is 0 Å². The summed E-state index contributed by atoms with van der Waals surface area (Å²) in [4.78, 5) is 3.53. The van der Waals surface area contributed by atoms with Gasteiger partial charge in [0.15, 0.2) is 5.69 Å². The van der Waals surface area contributed by atoms with Crippen LogP contribution in [0.3, 0.4) is 0 Å². The highest BCUT2D eigenvalue weighted by Crippen LogP contribution is 2.27. The highest BCUT2D eigenvalue weighted by molar-refractivity contribution is 14.1. The predicted octanol–water partition coefficient (Wildman–Crippen LogP) is 3.15. The third kappa shape index (κ3) is 2.25. The molecule has 0 unspecified atom stereocenters. The van der Waals surface area contributed by atoms with E-state index in [1.54, 1.807) is 28.7 Å². The minimum Gasteiger partial charge on any atom is -0.224 e. The molecule has 2 nitrogen and oxygen atoms in total. The van der Waals surface area contributed by atoms with Gasteiger partial charge in [-0.15, -0.1) is 0 Å². The monoisotopic (exact) mass is 314 g/mol. The maximum absolute atomic E-state index is 12.2. The Labute approximate surface area is 91.7 Å². The van der Waals surface area contributed by atoms with Crippen LogP contribution >= 0.6 is 34.2 Å². The quantitative estimate of drug-likeness (QED) is 0.590. The number of nitriles is 1. The molecule has 0 saturated carbocycles. The van der Waals surface area contributed by atoms with Crippen molar-refractivity contribution in [3.8, 4) is 6.07 Å². The van der Waals surface area contributed by atoms with Crippen molar-refractivity contribution >= 4 is 34.2 Å². The standard InChI is InChI=1S/C7H2ClF2IN2/c8-6-3(7(9)10)1-4(11)5(2-12)13-6/h1,7H. The summed E-state index contributed by atoms with van der Waals surface area (Å²) in [6, 6.07) is 2.92. The molecule has 6 heteroatoms. The zero-order valence-electron chi connectivity index (χ0n) is 6.06. The number of alkyl halides is 2. The topological polar surface area (TPSA) is 36.7 Å². The van der Waals surface area contributed by atoms with Gasteiger partial charge in [-0.25, -0.2) is 13.8 Å². The zero-order valence-corrected chi connectivity index (χ0v) is 8.97. The van der Waals surface area contributed by atoms with Crippen molar-refractivity contribution in [2.75, 3.05) is 0 Å². The Hall–Kier alpha value is -0.480. The van der Waals surface area contributed by atoms with E-state index in [0.29, 0.717) is 3.57 Å². The van der Waals surface area contributed by atoms with E-state index in [4.69, 9.17) is 16.9 Å². The highest BCUT2D eigenvalue weighted by atomic mass is 127. The van der Waals surface area contributed by atoms with E-state index in [-0.39, 0.29) is 16.4 Å². The second-order valence-electron chi connectivity index (χ2n) is 2.11. The minimum absolute atomic E-state index is 0.0648. The highest BCUT2D eigenvalue weighted by Gasteiger charge is 2.15. The smallest absolute Gasteiger partial charge is 0.224 e. The predicted molar refractivity (Wildman–Crippen MR) is 51.6 cm³/mol. The molecule has 1 aromatic rings. The normalized spacial score (nSPS) is 10.2. The molecule has 1 aromatic heterocycles. The van der Waals surface area contributed by atoms with Gasteiger partial charge in [-0.2, -0.15) is 5.26 Å². The first-order chi connectivity index (χ1) is 6.06. The van der Waals surface area contributed by atoms with E-state index in [1.165, 1.54) is 6.07 Å². The fraction of sp³-hybridized carbons (Fsp3) is 0.143. The molecule has 0 aliphatic rings. The number of hydrogen-bond acceptors (Lipinski definition) is 2. The van der Waals surface area contributed by atoms with Gasteiger partial charge in [0.25, 0.3) is 6.43 Å². The fourth-order valence-corrected chi connectivity index (χ4v) is 1.51. The SMILES string of the molecule is N#Cc1nc(Cl)c(C(F)F)cc1I. The van der Waals surface area contributed by atoms with Gasteiger partial charge in [0.05, 0.1) is 9.13 Å². The summed E-state index contributed by atoms with van der Waals surface area (Å²) in [5, 5.41) is 8.20. The number of hydrogen-bond donors (Lipinski definition) is 0. The summed E-state index contributed by atoms with van der Waals surface area (Å²) in [5.74, 6) is 0. The molecular weight excluding hydrogens is 312 g/mol. The van der Waals surface area contributed by atoms with Crippen LogP contribution in [0.2, 0.25) is 5.15 Å². The molecule has 0 amide bonds. The van der Waals surface area contributed by atoms with E-state index in [1.807, 2.05) is 0 Å². The molecule has 0 fully saturated rings. The molecule has 0 atom stereocenters. The number of halogens is 4. The summed E-state index contributed by atoms with van der Waals surface area (Å²) in [5.41, 5.74) is -0.278. The molecule has 0 bridgehead atoms. The lowest BCUT2D eigenvalue weighted by Crippen LogP contribution is -1.95. The lowest BCUT2D eigenvalue weighted by Gasteiger charge is -2.03. The number of nitrogens with zero attached hydrogens (tertiary/aromatic N) is 2. The van der Waals surface area contributed by atoms with E-state index >= 15 is 0 Å². The Kier molecular flexibility index (Phi) is 3.39. The Balaban J connectivity index is 3.31. The van der Waals surface area contributed by atoms with Crippen molar-refractivity contribution in [3.63, 3.8) is 0 Å². The van der Waals surface area contributed by atoms with Gasteiger partial charge in [-0.3, -0.25) is 0 Å². The maximum atomic E-state index is 12.2. The summed E-state index contributed by atoms with van der Waals surface area (Å²) in [6.07, 6.45) is -2.67. The first-order valence-corrected chi connectivity index (χ1v) is 4.56. The number of rotatable bonds is 1. The molecule has 0 saturated heterocycles. The van der Waals surface area contributed by atoms with Gasteiger partial charge < -0.3 is 0 Å². The van der Waals surface area contributed by atoms with Crippen molar-refractivity contribution in [1.29, 1.82) is 5.26 Å². The largest absolute Gasteiger partial charge is 0.266 e. The summed E-state index contributed by atoms with van der Waals surface area (Å²) in [7, 11) is 0. The van der Waals surface area contributed by atoms with Gasteiger partial charge in [0.2, 0.25) is 0 Å². The third-order valence-corrected chi connectivity index (χ3v) is 2.42. The van der Waals surface area contributed by atoms with E-state index in [2.05, 4.69) is 4.98 Å². The minimum atomic E-state index is -2.67. The zero-order chi connectivity index (χ0) is 10.0. The van der Waals surface area contributed by atoms with Crippen LogP contribution in [-0.2, 0) is 0 Å². The number of aromatic nitrogens is 1. The summed E-state index contributed by atoms with van der Waals surface area (Å²) >= 11 is 7.19. The Morgan fingerprint density at radius 1 is 1.62 bits per heavy atom. The molecule has 0 radical (unpaired) electrons. The van der Waals surface area contributed by atoms with Crippen molar-refractivity contribution in [3.05, 3.63) is 26.0 Å². The van der Waals surface area contributed by atoms with Gasteiger partial charge >= 0.3 is 0 Å². The van der Waals surface area contributed by atoms with Crippen LogP contribution in [0.1, 0.15) is 17.7 Å². The Bertz CT molecular complexity index is 375. The van der Waals surface area contributed by atoms with Crippen LogP contribution in [0.15, 0.2) is 6.07 Å². The van der Waals surface area contributed by atoms with E-state index in [9.17, 15) is 8.78 Å². The average Bonchev–Trinajstić information content (AvgIpc) is 2.07. The summed E-state index contributed by atoms with van der Waals surface area (Å²) < 4.78 is 24.8. The van der Waals surface area contributed by atoms with Gasteiger partial charge in [0.1, 0.15) is 11.2 Å². The molecule has 0 aliphatic carbocycles. The molecular formula is C7H2ClF2IN2. The lowest BCUT2D eigenvalue weighted by atomic mass is 10.2. The summed E-state index contributed by atoms with van der Waals surface area (Å²) in [6.45, 7) is 0. The van der Waals surface area contributed by atoms with Crippen LogP contribution in [0.4, 0.5) is 8.78 Å². The van der Waals surface area contributed by atoms with Crippen molar-refractivity contribution in [2.24, 2.45) is 0 Å². The molecule has 0 N–H and O–H groups in total. The van der Waals surface area contributed by atoms with Crippen molar-refractivity contribution in [1.82, 2.24) is 4.98 Å². The molecule has 0 aliphatic heterocycles. The second-order valence-corrected chi connectivity index (χ2v) is 3.63.